The Labute approximate surface area is 146 Å². The molecule has 2 atom stereocenters. The molecule has 24 heavy (non-hydrogen) atoms. The van der Waals surface area contributed by atoms with E-state index in [4.69, 9.17) is 10.5 Å². The minimum absolute atomic E-state index is 0.0843. The third-order valence-electron chi connectivity index (χ3n) is 5.61. The number of piperidine rings is 1. The van der Waals surface area contributed by atoms with Gasteiger partial charge in [0.25, 0.3) is 0 Å². The summed E-state index contributed by atoms with van der Waals surface area (Å²) in [5.41, 5.74) is 9.04. The van der Waals surface area contributed by atoms with Crippen LogP contribution in [0, 0.1) is 18.8 Å². The third-order valence-corrected chi connectivity index (χ3v) is 5.61. The highest BCUT2D eigenvalue weighted by Crippen LogP contribution is 2.40. The number of nitrogens with zero attached hydrogens (tertiary/aromatic N) is 1. The first-order valence-corrected chi connectivity index (χ1v) is 9.38. The van der Waals surface area contributed by atoms with Crippen molar-refractivity contribution in [1.82, 2.24) is 4.90 Å². The highest BCUT2D eigenvalue weighted by atomic mass is 16.5. The van der Waals surface area contributed by atoms with Gasteiger partial charge in [-0.25, -0.2) is 0 Å². The summed E-state index contributed by atoms with van der Waals surface area (Å²) in [5, 5.41) is 10.5. The molecule has 0 bridgehead atoms. The second kappa shape index (κ2) is 7.42. The van der Waals surface area contributed by atoms with Gasteiger partial charge in [-0.1, -0.05) is 26.0 Å². The van der Waals surface area contributed by atoms with E-state index in [2.05, 4.69) is 24.8 Å². The Morgan fingerprint density at radius 1 is 1.29 bits per heavy atom. The van der Waals surface area contributed by atoms with E-state index >= 15 is 0 Å². The average molecular weight is 332 g/mol. The van der Waals surface area contributed by atoms with Crippen LogP contribution in [0.15, 0.2) is 12.1 Å². The number of aromatic hydroxyl groups is 1. The molecule has 1 aromatic carbocycles. The summed E-state index contributed by atoms with van der Waals surface area (Å²) >= 11 is 0. The molecule has 2 aliphatic heterocycles. The second-order valence-corrected chi connectivity index (χ2v) is 7.93. The first-order valence-electron chi connectivity index (χ1n) is 9.38. The van der Waals surface area contributed by atoms with Crippen molar-refractivity contribution in [3.63, 3.8) is 0 Å². The largest absolute Gasteiger partial charge is 0.507 e. The number of phenolic OH excluding ortho intramolecular Hbond substituents is 1. The monoisotopic (exact) mass is 332 g/mol. The van der Waals surface area contributed by atoms with Gasteiger partial charge in [-0.15, -0.1) is 0 Å². The first-order chi connectivity index (χ1) is 11.5. The van der Waals surface area contributed by atoms with Gasteiger partial charge in [-0.2, -0.15) is 0 Å². The van der Waals surface area contributed by atoms with Crippen LogP contribution in [-0.2, 0) is 11.2 Å². The second-order valence-electron chi connectivity index (χ2n) is 7.93. The molecule has 1 aromatic rings. The SMILES string of the molecule is Cc1ccc2c(c1O)C[C@@H](C1CCN(CC(C)C)CC1)O[C@H]2CN. The highest BCUT2D eigenvalue weighted by molar-refractivity contribution is 5.47. The van der Waals surface area contributed by atoms with E-state index in [1.807, 2.05) is 13.0 Å². The molecule has 0 aliphatic carbocycles. The van der Waals surface area contributed by atoms with Crippen molar-refractivity contribution in [3.05, 3.63) is 28.8 Å². The summed E-state index contributed by atoms with van der Waals surface area (Å²) in [4.78, 5) is 2.57. The van der Waals surface area contributed by atoms with Crippen LogP contribution in [0.1, 0.15) is 49.5 Å². The molecule has 2 heterocycles. The Kier molecular flexibility index (Phi) is 5.48. The van der Waals surface area contributed by atoms with Crippen LogP contribution in [0.5, 0.6) is 5.75 Å². The minimum Gasteiger partial charge on any atom is -0.507 e. The number of likely N-dealkylation sites (tertiary alicyclic amines) is 1. The Hall–Kier alpha value is -1.10. The Morgan fingerprint density at radius 3 is 2.62 bits per heavy atom. The summed E-state index contributed by atoms with van der Waals surface area (Å²) in [6.45, 7) is 10.5. The van der Waals surface area contributed by atoms with Crippen LogP contribution in [0.3, 0.4) is 0 Å². The predicted octanol–water partition coefficient (Wildman–Crippen LogP) is 3.01. The highest BCUT2D eigenvalue weighted by Gasteiger charge is 2.35. The molecule has 4 heteroatoms. The number of phenols is 1. The molecule has 2 aliphatic rings. The number of hydrogen-bond acceptors (Lipinski definition) is 4. The van der Waals surface area contributed by atoms with Crippen molar-refractivity contribution in [3.8, 4) is 5.75 Å². The Balaban J connectivity index is 1.71. The zero-order valence-electron chi connectivity index (χ0n) is 15.3. The summed E-state index contributed by atoms with van der Waals surface area (Å²) in [7, 11) is 0. The van der Waals surface area contributed by atoms with Crippen molar-refractivity contribution in [2.24, 2.45) is 17.6 Å². The number of nitrogens with two attached hydrogens (primary N) is 1. The molecule has 0 saturated carbocycles. The van der Waals surface area contributed by atoms with Crippen LogP contribution >= 0.6 is 0 Å². The molecule has 134 valence electrons. The summed E-state index contributed by atoms with van der Waals surface area (Å²) < 4.78 is 6.36. The predicted molar refractivity (Wildman–Crippen MR) is 97.2 cm³/mol. The number of ether oxygens (including phenoxy) is 1. The van der Waals surface area contributed by atoms with Gasteiger partial charge in [0.1, 0.15) is 5.75 Å². The summed E-state index contributed by atoms with van der Waals surface area (Å²) in [6.07, 6.45) is 3.26. The molecule has 0 radical (unpaired) electrons. The Bertz CT molecular complexity index is 565. The van der Waals surface area contributed by atoms with E-state index in [1.165, 1.54) is 19.4 Å². The van der Waals surface area contributed by atoms with Crippen LogP contribution in [0.25, 0.3) is 0 Å². The summed E-state index contributed by atoms with van der Waals surface area (Å²) in [6, 6.07) is 4.04. The van der Waals surface area contributed by atoms with Crippen LogP contribution < -0.4 is 5.73 Å². The lowest BCUT2D eigenvalue weighted by molar-refractivity contribution is -0.0651. The van der Waals surface area contributed by atoms with E-state index < -0.39 is 0 Å². The lowest BCUT2D eigenvalue weighted by Crippen LogP contribution is -2.43. The third kappa shape index (κ3) is 3.61. The maximum Gasteiger partial charge on any atom is 0.122 e. The van der Waals surface area contributed by atoms with Crippen LogP contribution in [-0.4, -0.2) is 42.3 Å². The van der Waals surface area contributed by atoms with Gasteiger partial charge in [0.05, 0.1) is 12.2 Å². The maximum absolute atomic E-state index is 10.5. The fourth-order valence-electron chi connectivity index (χ4n) is 4.30. The molecular weight excluding hydrogens is 300 g/mol. The van der Waals surface area contributed by atoms with Gasteiger partial charge < -0.3 is 20.5 Å². The lowest BCUT2D eigenvalue weighted by atomic mass is 9.83. The van der Waals surface area contributed by atoms with E-state index in [-0.39, 0.29) is 12.2 Å². The van der Waals surface area contributed by atoms with Gasteiger partial charge in [0.15, 0.2) is 0 Å². The van der Waals surface area contributed by atoms with Crippen molar-refractivity contribution in [2.75, 3.05) is 26.2 Å². The first kappa shape index (κ1) is 17.7. The van der Waals surface area contributed by atoms with E-state index in [0.29, 0.717) is 18.2 Å². The van der Waals surface area contributed by atoms with E-state index in [0.717, 1.165) is 42.1 Å². The van der Waals surface area contributed by atoms with Crippen molar-refractivity contribution >= 4 is 0 Å². The lowest BCUT2D eigenvalue weighted by Gasteiger charge is -2.40. The zero-order valence-corrected chi connectivity index (χ0v) is 15.3. The van der Waals surface area contributed by atoms with Gasteiger partial charge >= 0.3 is 0 Å². The van der Waals surface area contributed by atoms with Crippen LogP contribution in [0.4, 0.5) is 0 Å². The van der Waals surface area contributed by atoms with Gasteiger partial charge in [-0.05, 0) is 55.8 Å². The minimum atomic E-state index is -0.0843. The van der Waals surface area contributed by atoms with Crippen molar-refractivity contribution in [2.45, 2.75) is 52.2 Å². The quantitative estimate of drug-likeness (QED) is 0.890. The molecular formula is C20H32N2O2. The van der Waals surface area contributed by atoms with Gasteiger partial charge in [-0.3, -0.25) is 0 Å². The molecule has 0 spiro atoms. The fraction of sp³-hybridized carbons (Fsp3) is 0.700. The number of aryl methyl sites for hydroxylation is 1. The maximum atomic E-state index is 10.5. The molecule has 4 nitrogen and oxygen atoms in total. The van der Waals surface area contributed by atoms with E-state index in [1.54, 1.807) is 0 Å². The number of benzene rings is 1. The molecule has 1 saturated heterocycles. The van der Waals surface area contributed by atoms with Crippen molar-refractivity contribution < 1.29 is 9.84 Å². The topological polar surface area (TPSA) is 58.7 Å². The molecule has 3 rings (SSSR count). The zero-order chi connectivity index (χ0) is 17.3. The fourth-order valence-corrected chi connectivity index (χ4v) is 4.30. The van der Waals surface area contributed by atoms with Crippen molar-refractivity contribution in [1.29, 1.82) is 0 Å². The van der Waals surface area contributed by atoms with E-state index in [9.17, 15) is 5.11 Å². The number of rotatable bonds is 4. The average Bonchev–Trinajstić information content (AvgIpc) is 2.57. The smallest absolute Gasteiger partial charge is 0.122 e. The normalized spacial score (nSPS) is 25.9. The molecule has 3 N–H and O–H groups in total. The van der Waals surface area contributed by atoms with Crippen LogP contribution in [0.2, 0.25) is 0 Å². The Morgan fingerprint density at radius 2 is 2.00 bits per heavy atom. The van der Waals surface area contributed by atoms with Gasteiger partial charge in [0, 0.05) is 25.1 Å². The number of hydrogen-bond donors (Lipinski definition) is 2. The standard InChI is InChI=1S/C20H32N2O2/c1-13(2)12-22-8-6-15(7-9-22)18-10-17-16(19(11-21)24-18)5-4-14(3)20(17)23/h4-5,13,15,18-19,23H,6-12,21H2,1-3H3/t18-,19-/m0/s1. The summed E-state index contributed by atoms with van der Waals surface area (Å²) in [5.74, 6) is 1.73. The van der Waals surface area contributed by atoms with Gasteiger partial charge in [0.2, 0.25) is 0 Å². The molecule has 0 aromatic heterocycles. The molecule has 0 amide bonds. The molecule has 1 fully saturated rings. The number of fused-ring (bicyclic) bond motifs is 1. The molecule has 0 unspecified atom stereocenters.